The molecule has 0 saturated carbocycles. The van der Waals surface area contributed by atoms with Gasteiger partial charge in [0.1, 0.15) is 5.82 Å². The van der Waals surface area contributed by atoms with Crippen LogP contribution in [0.2, 0.25) is 0 Å². The average molecular weight is 480 g/mol. The summed E-state index contributed by atoms with van der Waals surface area (Å²) in [6.07, 6.45) is -4.98. The molecule has 0 bridgehead atoms. The summed E-state index contributed by atoms with van der Waals surface area (Å²) in [5.41, 5.74) is -0.959. The summed E-state index contributed by atoms with van der Waals surface area (Å²) < 4.78 is 62.1. The van der Waals surface area contributed by atoms with Gasteiger partial charge in [-0.15, -0.1) is 0 Å². The van der Waals surface area contributed by atoms with Crippen LogP contribution in [0.5, 0.6) is 0 Å². The monoisotopic (exact) mass is 479 g/mol. The van der Waals surface area contributed by atoms with Crippen molar-refractivity contribution in [3.63, 3.8) is 0 Å². The maximum Gasteiger partial charge on any atom is 0.404 e. The lowest BCUT2D eigenvalue weighted by Gasteiger charge is -2.36. The Morgan fingerprint density at radius 1 is 1.06 bits per heavy atom. The molecule has 5 nitrogen and oxygen atoms in total. The third-order valence-corrected chi connectivity index (χ3v) is 6.75. The summed E-state index contributed by atoms with van der Waals surface area (Å²) in [5.74, 6) is -1.45. The van der Waals surface area contributed by atoms with Crippen molar-refractivity contribution in [2.45, 2.75) is 25.2 Å². The highest BCUT2D eigenvalue weighted by atomic mass is 19.4. The van der Waals surface area contributed by atoms with Gasteiger partial charge in [0.2, 0.25) is 5.91 Å². The Kier molecular flexibility index (Phi) is 7.54. The molecule has 2 heterocycles. The Hall–Kier alpha value is -2.49. The number of hydrogen-bond donors (Lipinski definition) is 1. The number of amides is 1. The van der Waals surface area contributed by atoms with Crippen LogP contribution in [0.1, 0.15) is 23.6 Å². The number of carbonyl (C=O) groups is 1. The van der Waals surface area contributed by atoms with E-state index in [0.717, 1.165) is 5.56 Å². The van der Waals surface area contributed by atoms with Gasteiger partial charge in [0.25, 0.3) is 0 Å². The number of nitrogens with zero attached hydrogens (tertiary/aromatic N) is 2. The SMILES string of the molecule is O=C(NCC(c1cccc(F)c1)N1CCOCC1)C1(C(F)(F)F)CCN(Cc2ccccc2)C1. The molecule has 34 heavy (non-hydrogen) atoms. The van der Waals surface area contributed by atoms with E-state index in [0.29, 0.717) is 38.4 Å². The molecule has 0 aliphatic carbocycles. The Morgan fingerprint density at radius 3 is 2.47 bits per heavy atom. The quantitative estimate of drug-likeness (QED) is 0.615. The number of halogens is 4. The van der Waals surface area contributed by atoms with Gasteiger partial charge in [-0.3, -0.25) is 14.6 Å². The van der Waals surface area contributed by atoms with Crippen molar-refractivity contribution >= 4 is 5.91 Å². The molecule has 2 unspecified atom stereocenters. The van der Waals surface area contributed by atoms with Gasteiger partial charge in [-0.2, -0.15) is 13.2 Å². The van der Waals surface area contributed by atoms with E-state index in [1.54, 1.807) is 17.0 Å². The van der Waals surface area contributed by atoms with Crippen LogP contribution in [0, 0.1) is 11.2 Å². The van der Waals surface area contributed by atoms with Gasteiger partial charge in [-0.25, -0.2) is 4.39 Å². The number of morpholine rings is 1. The number of likely N-dealkylation sites (tertiary alicyclic amines) is 1. The number of ether oxygens (including phenoxy) is 1. The van der Waals surface area contributed by atoms with Crippen LogP contribution in [0.4, 0.5) is 17.6 Å². The normalized spacial score (nSPS) is 23.1. The fourth-order valence-electron chi connectivity index (χ4n) is 4.83. The van der Waals surface area contributed by atoms with Gasteiger partial charge in [0, 0.05) is 32.7 Å². The summed E-state index contributed by atoms with van der Waals surface area (Å²) in [6.45, 7) is 2.14. The van der Waals surface area contributed by atoms with Crippen LogP contribution in [0.3, 0.4) is 0 Å². The summed E-state index contributed by atoms with van der Waals surface area (Å²) in [4.78, 5) is 16.8. The third-order valence-electron chi connectivity index (χ3n) is 6.75. The molecule has 2 fully saturated rings. The van der Waals surface area contributed by atoms with E-state index < -0.39 is 29.4 Å². The fourth-order valence-corrected chi connectivity index (χ4v) is 4.83. The first-order chi connectivity index (χ1) is 16.3. The Morgan fingerprint density at radius 2 is 1.79 bits per heavy atom. The summed E-state index contributed by atoms with van der Waals surface area (Å²) in [7, 11) is 0. The van der Waals surface area contributed by atoms with Crippen LogP contribution in [0.15, 0.2) is 54.6 Å². The molecule has 184 valence electrons. The maximum absolute atomic E-state index is 14.3. The molecule has 0 radical (unpaired) electrons. The Labute approximate surface area is 196 Å². The molecule has 9 heteroatoms. The van der Waals surface area contributed by atoms with Gasteiger partial charge in [0.15, 0.2) is 5.41 Å². The van der Waals surface area contributed by atoms with Crippen molar-refractivity contribution in [3.05, 3.63) is 71.5 Å². The molecular weight excluding hydrogens is 450 g/mol. The lowest BCUT2D eigenvalue weighted by molar-refractivity contribution is -0.218. The van der Waals surface area contributed by atoms with E-state index >= 15 is 0 Å². The number of nitrogens with one attached hydrogen (secondary N) is 1. The van der Waals surface area contributed by atoms with Crippen LogP contribution in [-0.4, -0.2) is 67.8 Å². The van der Waals surface area contributed by atoms with Crippen molar-refractivity contribution in [2.75, 3.05) is 45.9 Å². The van der Waals surface area contributed by atoms with E-state index in [4.69, 9.17) is 4.74 Å². The average Bonchev–Trinajstić information content (AvgIpc) is 3.26. The first-order valence-electron chi connectivity index (χ1n) is 11.5. The summed E-state index contributed by atoms with van der Waals surface area (Å²) in [5, 5.41) is 2.58. The first-order valence-corrected chi connectivity index (χ1v) is 11.5. The molecule has 2 atom stereocenters. The Bertz CT molecular complexity index is 966. The highest BCUT2D eigenvalue weighted by molar-refractivity contribution is 5.84. The third kappa shape index (κ3) is 5.42. The Balaban J connectivity index is 1.49. The largest absolute Gasteiger partial charge is 0.404 e. The standard InChI is InChI=1S/C25H29F4N3O2/c26-21-8-4-7-20(15-21)22(32-11-13-34-14-12-32)16-30-23(33)24(25(27,28)29)9-10-31(18-24)17-19-5-2-1-3-6-19/h1-8,15,22H,9-14,16-18H2,(H,30,33). The maximum atomic E-state index is 14.3. The molecule has 0 aromatic heterocycles. The van der Waals surface area contributed by atoms with E-state index in [2.05, 4.69) is 5.32 Å². The smallest absolute Gasteiger partial charge is 0.379 e. The fraction of sp³-hybridized carbons (Fsp3) is 0.480. The zero-order valence-electron chi connectivity index (χ0n) is 18.9. The van der Waals surface area contributed by atoms with E-state index in [9.17, 15) is 22.4 Å². The molecule has 1 N–H and O–H groups in total. The van der Waals surface area contributed by atoms with Gasteiger partial charge in [-0.05, 0) is 36.2 Å². The van der Waals surface area contributed by atoms with Crippen molar-refractivity contribution < 1.29 is 27.1 Å². The lowest BCUT2D eigenvalue weighted by atomic mass is 9.85. The summed E-state index contributed by atoms with van der Waals surface area (Å²) >= 11 is 0. The lowest BCUT2D eigenvalue weighted by Crippen LogP contribution is -2.54. The molecule has 1 amide bonds. The molecule has 2 aromatic carbocycles. The van der Waals surface area contributed by atoms with Crippen molar-refractivity contribution in [1.82, 2.24) is 15.1 Å². The van der Waals surface area contributed by atoms with Crippen molar-refractivity contribution in [1.29, 1.82) is 0 Å². The van der Waals surface area contributed by atoms with Crippen molar-refractivity contribution in [2.24, 2.45) is 5.41 Å². The van der Waals surface area contributed by atoms with E-state index in [1.807, 2.05) is 35.2 Å². The molecule has 0 spiro atoms. The van der Waals surface area contributed by atoms with Crippen LogP contribution >= 0.6 is 0 Å². The van der Waals surface area contributed by atoms with Gasteiger partial charge >= 0.3 is 6.18 Å². The number of hydrogen-bond acceptors (Lipinski definition) is 4. The van der Waals surface area contributed by atoms with Gasteiger partial charge in [0.05, 0.1) is 19.3 Å². The molecular formula is C25H29F4N3O2. The first kappa shape index (κ1) is 24.6. The minimum Gasteiger partial charge on any atom is -0.379 e. The molecule has 2 aliphatic rings. The number of carbonyl (C=O) groups excluding carboxylic acids is 1. The number of benzene rings is 2. The van der Waals surface area contributed by atoms with Crippen LogP contribution < -0.4 is 5.32 Å². The van der Waals surface area contributed by atoms with Gasteiger partial charge in [-0.1, -0.05) is 42.5 Å². The highest BCUT2D eigenvalue weighted by Crippen LogP contribution is 2.46. The predicted octanol–water partition coefficient (Wildman–Crippen LogP) is 3.77. The zero-order valence-corrected chi connectivity index (χ0v) is 18.9. The second-order valence-electron chi connectivity index (χ2n) is 8.96. The topological polar surface area (TPSA) is 44.8 Å². The molecule has 2 saturated heterocycles. The van der Waals surface area contributed by atoms with Crippen LogP contribution in [0.25, 0.3) is 0 Å². The van der Waals surface area contributed by atoms with Crippen LogP contribution in [-0.2, 0) is 16.1 Å². The summed E-state index contributed by atoms with van der Waals surface area (Å²) in [6, 6.07) is 14.8. The minimum absolute atomic E-state index is 0.0429. The molecule has 2 aromatic rings. The second-order valence-corrected chi connectivity index (χ2v) is 8.96. The molecule has 4 rings (SSSR count). The zero-order chi connectivity index (χ0) is 24.2. The minimum atomic E-state index is -4.68. The predicted molar refractivity (Wildman–Crippen MR) is 119 cm³/mol. The van der Waals surface area contributed by atoms with E-state index in [1.165, 1.54) is 12.1 Å². The van der Waals surface area contributed by atoms with E-state index in [-0.39, 0.29) is 26.1 Å². The number of rotatable bonds is 7. The number of alkyl halides is 3. The molecule has 2 aliphatic heterocycles. The second kappa shape index (κ2) is 10.4. The van der Waals surface area contributed by atoms with Gasteiger partial charge < -0.3 is 10.1 Å². The van der Waals surface area contributed by atoms with Crippen molar-refractivity contribution in [3.8, 4) is 0 Å². The highest BCUT2D eigenvalue weighted by Gasteiger charge is 2.62.